The Morgan fingerprint density at radius 3 is 2.12 bits per heavy atom. The van der Waals surface area contributed by atoms with Crippen LogP contribution in [-0.2, 0) is 27.2 Å². The van der Waals surface area contributed by atoms with Crippen LogP contribution in [0.15, 0.2) is 54.4 Å². The monoisotopic (exact) mass is 658 g/mol. The average Bonchev–Trinajstić information content (AvgIpc) is 3.10. The van der Waals surface area contributed by atoms with E-state index in [0.29, 0.717) is 52.2 Å². The van der Waals surface area contributed by atoms with E-state index in [1.165, 1.54) is 6.08 Å². The maximum atomic E-state index is 14.5. The molecule has 11 nitrogen and oxygen atoms in total. The molecule has 0 spiro atoms. The van der Waals surface area contributed by atoms with Gasteiger partial charge in [-0.15, -0.1) is 0 Å². The molecule has 5 rings (SSSR count). The first kappa shape index (κ1) is 34.0. The van der Waals surface area contributed by atoms with Gasteiger partial charge in [-0.05, 0) is 31.6 Å². The molecule has 0 aliphatic carbocycles. The largest absolute Gasteiger partial charge is 0.496 e. The summed E-state index contributed by atoms with van der Waals surface area (Å²) in [5.41, 5.74) is 5.31. The zero-order valence-electron chi connectivity index (χ0n) is 28.6. The molecule has 11 heteroatoms. The Kier molecular flexibility index (Phi) is 10.4. The van der Waals surface area contributed by atoms with Crippen LogP contribution in [0.25, 0.3) is 6.08 Å². The molecule has 3 aromatic rings. The lowest BCUT2D eigenvalue weighted by molar-refractivity contribution is -0.144. The fourth-order valence-corrected chi connectivity index (χ4v) is 6.70. The first-order valence-corrected chi connectivity index (χ1v) is 15.5. The lowest BCUT2D eigenvalue weighted by atomic mass is 9.85. The van der Waals surface area contributed by atoms with E-state index in [4.69, 9.17) is 33.2 Å². The van der Waals surface area contributed by atoms with Gasteiger partial charge in [-0.1, -0.05) is 30.3 Å². The van der Waals surface area contributed by atoms with Gasteiger partial charge in [0.05, 0.1) is 48.7 Å². The van der Waals surface area contributed by atoms with Crippen LogP contribution in [0.2, 0.25) is 0 Å². The average molecular weight is 659 g/mol. The number of methoxy groups -OCH3 is 6. The maximum Gasteiger partial charge on any atom is 0.330 e. The second-order valence-corrected chi connectivity index (χ2v) is 11.4. The Labute approximate surface area is 281 Å². The van der Waals surface area contributed by atoms with Crippen LogP contribution >= 0.6 is 0 Å². The molecule has 0 unspecified atom stereocenters. The molecular formula is C37H42N2O9. The molecule has 0 aromatic heterocycles. The summed E-state index contributed by atoms with van der Waals surface area (Å²) in [5, 5.41) is 3.31. The van der Waals surface area contributed by atoms with E-state index < -0.39 is 18.1 Å². The van der Waals surface area contributed by atoms with Crippen molar-refractivity contribution in [1.29, 1.82) is 0 Å². The normalized spacial score (nSPS) is 16.7. The van der Waals surface area contributed by atoms with Crippen LogP contribution in [0.4, 0.5) is 0 Å². The zero-order chi connectivity index (χ0) is 34.5. The van der Waals surface area contributed by atoms with Crippen molar-refractivity contribution in [3.8, 4) is 34.5 Å². The summed E-state index contributed by atoms with van der Waals surface area (Å²) in [7, 11) is 9.42. The quantitative estimate of drug-likeness (QED) is 0.209. The van der Waals surface area contributed by atoms with Crippen molar-refractivity contribution in [2.75, 3.05) is 49.3 Å². The highest BCUT2D eigenvalue weighted by Crippen LogP contribution is 2.52. The van der Waals surface area contributed by atoms with Gasteiger partial charge in [0.25, 0.3) is 0 Å². The van der Waals surface area contributed by atoms with Crippen molar-refractivity contribution < 1.29 is 42.7 Å². The number of ether oxygens (including phenoxy) is 7. The Morgan fingerprint density at radius 1 is 0.854 bits per heavy atom. The molecule has 2 heterocycles. The molecule has 2 aliphatic rings. The number of carbonyl (C=O) groups excluding carboxylic acids is 2. The number of fused-ring (bicyclic) bond motifs is 2. The van der Waals surface area contributed by atoms with Gasteiger partial charge in [-0.2, -0.15) is 0 Å². The molecule has 254 valence electrons. The molecular weight excluding hydrogens is 616 g/mol. The SMILES string of the molecule is COc1cc(C[C@H]2NC=C3Cc4c(OC)c(C)c(OC)c(OC)c4[C@H](COC(=O)/C=C/c4ccccc4)N3C2=O)c(OC)c(C)c1OC. The number of allylic oxidation sites excluding steroid dienone is 1. The van der Waals surface area contributed by atoms with E-state index >= 15 is 0 Å². The third kappa shape index (κ3) is 6.20. The van der Waals surface area contributed by atoms with Gasteiger partial charge in [0.15, 0.2) is 23.0 Å². The molecule has 48 heavy (non-hydrogen) atoms. The summed E-state index contributed by atoms with van der Waals surface area (Å²) in [6.45, 7) is 3.62. The zero-order valence-corrected chi connectivity index (χ0v) is 28.6. The number of hydrogen-bond acceptors (Lipinski definition) is 10. The third-order valence-electron chi connectivity index (χ3n) is 8.79. The topological polar surface area (TPSA) is 114 Å². The first-order chi connectivity index (χ1) is 23.2. The summed E-state index contributed by atoms with van der Waals surface area (Å²) < 4.78 is 40.4. The van der Waals surface area contributed by atoms with Crippen LogP contribution in [0.3, 0.4) is 0 Å². The van der Waals surface area contributed by atoms with Crippen LogP contribution in [0, 0.1) is 13.8 Å². The van der Waals surface area contributed by atoms with Crippen molar-refractivity contribution in [3.05, 3.63) is 87.8 Å². The molecule has 3 aromatic carbocycles. The Balaban J connectivity index is 1.56. The van der Waals surface area contributed by atoms with Gasteiger partial charge >= 0.3 is 5.97 Å². The van der Waals surface area contributed by atoms with Crippen molar-refractivity contribution in [2.45, 2.75) is 38.8 Å². The number of benzene rings is 3. The number of carbonyl (C=O) groups is 2. The van der Waals surface area contributed by atoms with Crippen LogP contribution < -0.4 is 33.7 Å². The molecule has 1 N–H and O–H groups in total. The van der Waals surface area contributed by atoms with Gasteiger partial charge in [0, 0.05) is 58.6 Å². The molecule has 2 aliphatic heterocycles. The Morgan fingerprint density at radius 2 is 1.50 bits per heavy atom. The minimum atomic E-state index is -0.751. The smallest absolute Gasteiger partial charge is 0.330 e. The number of hydrogen-bond donors (Lipinski definition) is 1. The van der Waals surface area contributed by atoms with Gasteiger partial charge in [0.1, 0.15) is 24.1 Å². The van der Waals surface area contributed by atoms with E-state index in [2.05, 4.69) is 5.32 Å². The van der Waals surface area contributed by atoms with Crippen molar-refractivity contribution in [2.24, 2.45) is 0 Å². The summed E-state index contributed by atoms with van der Waals surface area (Å²) >= 11 is 0. The third-order valence-corrected chi connectivity index (χ3v) is 8.79. The van der Waals surface area contributed by atoms with Crippen LogP contribution in [-0.4, -0.2) is 72.1 Å². The van der Waals surface area contributed by atoms with Crippen molar-refractivity contribution in [3.63, 3.8) is 0 Å². The number of nitrogens with zero attached hydrogens (tertiary/aromatic N) is 1. The van der Waals surface area contributed by atoms with Crippen LogP contribution in [0.1, 0.15) is 39.4 Å². The standard InChI is InChI=1S/C37H42N2O9/c1-21-32(43-4)24(17-29(42-3)34(21)45-6)16-27-37(41)39-25(19-38-27)18-26-31(36(47-8)35(46-7)22(2)33(26)44-5)28(39)20-48-30(40)15-14-23-12-10-9-11-13-23/h9-15,17,19,27-28,38H,16,18,20H2,1-8H3/b15-14+/t27-,28+/m1/s1. The van der Waals surface area contributed by atoms with Gasteiger partial charge in [-0.3, -0.25) is 4.79 Å². The molecule has 0 fully saturated rings. The minimum absolute atomic E-state index is 0.148. The first-order valence-electron chi connectivity index (χ1n) is 15.5. The van der Waals surface area contributed by atoms with E-state index in [-0.39, 0.29) is 18.9 Å². The fraction of sp³-hybridized carbons (Fsp3) is 0.351. The number of rotatable bonds is 12. The second kappa shape index (κ2) is 14.6. The van der Waals surface area contributed by atoms with E-state index in [1.54, 1.807) is 53.6 Å². The lowest BCUT2D eigenvalue weighted by Gasteiger charge is -2.44. The highest BCUT2D eigenvalue weighted by atomic mass is 16.5. The van der Waals surface area contributed by atoms with Crippen LogP contribution in [0.5, 0.6) is 34.5 Å². The fourth-order valence-electron chi connectivity index (χ4n) is 6.70. The van der Waals surface area contributed by atoms with Gasteiger partial charge in [0.2, 0.25) is 5.91 Å². The highest BCUT2D eigenvalue weighted by Gasteiger charge is 2.44. The highest BCUT2D eigenvalue weighted by molar-refractivity contribution is 5.88. The minimum Gasteiger partial charge on any atom is -0.496 e. The van der Waals surface area contributed by atoms with E-state index in [1.807, 2.05) is 56.4 Å². The lowest BCUT2D eigenvalue weighted by Crippen LogP contribution is -2.53. The van der Waals surface area contributed by atoms with E-state index in [0.717, 1.165) is 27.8 Å². The van der Waals surface area contributed by atoms with Gasteiger partial charge in [-0.25, -0.2) is 4.79 Å². The number of amides is 1. The summed E-state index contributed by atoms with van der Waals surface area (Å²) in [6, 6.07) is 9.84. The molecule has 1 amide bonds. The van der Waals surface area contributed by atoms with Crippen molar-refractivity contribution >= 4 is 18.0 Å². The molecule has 0 saturated carbocycles. The predicted molar refractivity (Wildman–Crippen MR) is 180 cm³/mol. The molecule has 2 atom stereocenters. The summed E-state index contributed by atoms with van der Waals surface area (Å²) in [4.78, 5) is 29.3. The predicted octanol–water partition coefficient (Wildman–Crippen LogP) is 5.09. The van der Waals surface area contributed by atoms with Crippen molar-refractivity contribution in [1.82, 2.24) is 10.2 Å². The number of nitrogens with one attached hydrogen (secondary N) is 1. The molecule has 0 saturated heterocycles. The maximum absolute atomic E-state index is 14.5. The summed E-state index contributed by atoms with van der Waals surface area (Å²) in [6.07, 6.45) is 5.54. The Hall–Kier alpha value is -5.32. The number of esters is 1. The molecule has 0 radical (unpaired) electrons. The second-order valence-electron chi connectivity index (χ2n) is 11.4. The molecule has 0 bridgehead atoms. The van der Waals surface area contributed by atoms with E-state index in [9.17, 15) is 9.59 Å². The summed E-state index contributed by atoms with van der Waals surface area (Å²) in [5.74, 6) is 2.47. The Bertz CT molecular complexity index is 1750. The van der Waals surface area contributed by atoms with Gasteiger partial charge < -0.3 is 43.4 Å².